The van der Waals surface area contributed by atoms with Crippen LogP contribution in [0.1, 0.15) is 31.7 Å². The van der Waals surface area contributed by atoms with Crippen LogP contribution in [0.3, 0.4) is 0 Å². The highest BCUT2D eigenvalue weighted by Gasteiger charge is 2.15. The molecule has 0 saturated heterocycles. The molecule has 1 aromatic rings. The summed E-state index contributed by atoms with van der Waals surface area (Å²) in [6.07, 6.45) is 1.96. The Kier molecular flexibility index (Phi) is 5.88. The van der Waals surface area contributed by atoms with Crippen molar-refractivity contribution in [1.82, 2.24) is 10.3 Å². The van der Waals surface area contributed by atoms with Crippen LogP contribution in [0.25, 0.3) is 0 Å². The van der Waals surface area contributed by atoms with Crippen LogP contribution in [0.15, 0.2) is 6.20 Å². The summed E-state index contributed by atoms with van der Waals surface area (Å²) in [5, 5.41) is 4.45. The van der Waals surface area contributed by atoms with E-state index in [0.29, 0.717) is 18.7 Å². The highest BCUT2D eigenvalue weighted by Crippen LogP contribution is 2.27. The van der Waals surface area contributed by atoms with Gasteiger partial charge in [-0.2, -0.15) is 0 Å². The molecule has 0 spiro atoms. The molecular weight excluding hydrogens is 234 g/mol. The topological polar surface area (TPSA) is 37.4 Å². The molecule has 0 aromatic carbocycles. The van der Waals surface area contributed by atoms with Crippen molar-refractivity contribution in [2.75, 3.05) is 32.2 Å². The lowest BCUT2D eigenvalue weighted by molar-refractivity contribution is 0.183. The van der Waals surface area contributed by atoms with E-state index in [0.717, 1.165) is 11.7 Å². The highest BCUT2D eigenvalue weighted by molar-refractivity contribution is 7.15. The van der Waals surface area contributed by atoms with Gasteiger partial charge in [0, 0.05) is 31.3 Å². The van der Waals surface area contributed by atoms with Crippen molar-refractivity contribution in [3.05, 3.63) is 11.1 Å². The van der Waals surface area contributed by atoms with E-state index in [1.165, 1.54) is 4.88 Å². The fourth-order valence-electron chi connectivity index (χ4n) is 1.59. The first kappa shape index (κ1) is 14.4. The van der Waals surface area contributed by atoms with Gasteiger partial charge in [0.2, 0.25) is 0 Å². The first-order chi connectivity index (χ1) is 8.10. The zero-order valence-electron chi connectivity index (χ0n) is 11.4. The van der Waals surface area contributed by atoms with E-state index in [1.807, 2.05) is 6.20 Å². The van der Waals surface area contributed by atoms with E-state index in [4.69, 9.17) is 4.74 Å². The van der Waals surface area contributed by atoms with Gasteiger partial charge >= 0.3 is 0 Å². The van der Waals surface area contributed by atoms with Gasteiger partial charge in [0.15, 0.2) is 5.13 Å². The minimum Gasteiger partial charge on any atom is -0.383 e. The van der Waals surface area contributed by atoms with Gasteiger partial charge in [0.05, 0.1) is 12.6 Å². The summed E-state index contributed by atoms with van der Waals surface area (Å²) in [4.78, 5) is 7.91. The Morgan fingerprint density at radius 3 is 2.82 bits per heavy atom. The number of ether oxygens (including phenoxy) is 1. The van der Waals surface area contributed by atoms with Crippen molar-refractivity contribution in [3.63, 3.8) is 0 Å². The minimum absolute atomic E-state index is 0.341. The molecule has 98 valence electrons. The summed E-state index contributed by atoms with van der Waals surface area (Å²) in [5.74, 6) is 0. The van der Waals surface area contributed by atoms with Gasteiger partial charge in [-0.1, -0.05) is 6.92 Å². The second-order valence-electron chi connectivity index (χ2n) is 4.24. The van der Waals surface area contributed by atoms with Crippen molar-refractivity contribution in [3.8, 4) is 0 Å². The molecule has 0 amide bonds. The summed E-state index contributed by atoms with van der Waals surface area (Å²) in [7, 11) is 3.79. The lowest BCUT2D eigenvalue weighted by Gasteiger charge is -2.23. The number of thiazole rings is 1. The Balaban J connectivity index is 2.66. The first-order valence-electron chi connectivity index (χ1n) is 6.01. The fraction of sp³-hybridized carbons (Fsp3) is 0.750. The molecule has 0 aliphatic carbocycles. The van der Waals surface area contributed by atoms with E-state index >= 15 is 0 Å². The number of methoxy groups -OCH3 is 1. The number of rotatable bonds is 7. The molecule has 1 rings (SSSR count). The van der Waals surface area contributed by atoms with Crippen molar-refractivity contribution >= 4 is 16.5 Å². The van der Waals surface area contributed by atoms with Gasteiger partial charge in [-0.3, -0.25) is 0 Å². The van der Waals surface area contributed by atoms with Crippen LogP contribution in [0.4, 0.5) is 5.13 Å². The molecule has 0 bridgehead atoms. The predicted molar refractivity (Wildman–Crippen MR) is 73.9 cm³/mol. The third-order valence-corrected chi connectivity index (χ3v) is 4.09. The number of likely N-dealkylation sites (N-methyl/N-ethyl adjacent to an activating group) is 1. The molecule has 5 heteroatoms. The van der Waals surface area contributed by atoms with Gasteiger partial charge in [-0.05, 0) is 20.4 Å². The number of hydrogen-bond donors (Lipinski definition) is 1. The molecule has 0 radical (unpaired) electrons. The van der Waals surface area contributed by atoms with Crippen molar-refractivity contribution in [1.29, 1.82) is 0 Å². The third kappa shape index (κ3) is 3.94. The fourth-order valence-corrected chi connectivity index (χ4v) is 2.59. The minimum atomic E-state index is 0.341. The second kappa shape index (κ2) is 6.93. The second-order valence-corrected chi connectivity index (χ2v) is 5.28. The monoisotopic (exact) mass is 257 g/mol. The molecule has 1 aromatic heterocycles. The highest BCUT2D eigenvalue weighted by atomic mass is 32.1. The van der Waals surface area contributed by atoms with Gasteiger partial charge in [0.25, 0.3) is 0 Å². The maximum atomic E-state index is 5.16. The molecular formula is C12H23N3OS. The standard InChI is InChI=1S/C12H23N3OS/c1-6-13-10(3)11-7-14-12(17-11)15(4)9(2)8-16-5/h7,9-10,13H,6,8H2,1-5H3. The Labute approximate surface area is 108 Å². The average Bonchev–Trinajstić information content (AvgIpc) is 2.78. The molecule has 0 saturated carbocycles. The zero-order valence-corrected chi connectivity index (χ0v) is 12.2. The van der Waals surface area contributed by atoms with E-state index in [2.05, 4.69) is 43.0 Å². The Morgan fingerprint density at radius 1 is 1.53 bits per heavy atom. The molecule has 0 aliphatic rings. The zero-order chi connectivity index (χ0) is 12.8. The molecule has 2 unspecified atom stereocenters. The van der Waals surface area contributed by atoms with Gasteiger partial charge < -0.3 is 15.0 Å². The summed E-state index contributed by atoms with van der Waals surface area (Å²) in [6.45, 7) is 8.11. The Bertz CT molecular complexity index is 329. The van der Waals surface area contributed by atoms with Crippen molar-refractivity contribution in [2.24, 2.45) is 0 Å². The van der Waals surface area contributed by atoms with Crippen LogP contribution in [0, 0.1) is 0 Å². The van der Waals surface area contributed by atoms with Crippen LogP contribution in [-0.2, 0) is 4.74 Å². The van der Waals surface area contributed by atoms with Crippen LogP contribution in [-0.4, -0.2) is 38.3 Å². The molecule has 2 atom stereocenters. The molecule has 4 nitrogen and oxygen atoms in total. The normalized spacial score (nSPS) is 14.6. The summed E-state index contributed by atoms with van der Waals surface area (Å²) in [5.41, 5.74) is 0. The van der Waals surface area contributed by atoms with Crippen molar-refractivity contribution < 1.29 is 4.74 Å². The maximum absolute atomic E-state index is 5.16. The maximum Gasteiger partial charge on any atom is 0.185 e. The SMILES string of the molecule is CCNC(C)c1cnc(N(C)C(C)COC)s1. The molecule has 1 heterocycles. The number of aromatic nitrogens is 1. The summed E-state index contributed by atoms with van der Waals surface area (Å²) >= 11 is 1.74. The van der Waals surface area contributed by atoms with E-state index in [1.54, 1.807) is 18.4 Å². The van der Waals surface area contributed by atoms with Crippen LogP contribution in [0.5, 0.6) is 0 Å². The van der Waals surface area contributed by atoms with Crippen LogP contribution < -0.4 is 10.2 Å². The Hall–Kier alpha value is -0.650. The number of nitrogens with zero attached hydrogens (tertiary/aromatic N) is 2. The number of nitrogens with one attached hydrogen (secondary N) is 1. The van der Waals surface area contributed by atoms with E-state index in [9.17, 15) is 0 Å². The first-order valence-corrected chi connectivity index (χ1v) is 6.82. The third-order valence-electron chi connectivity index (χ3n) is 2.82. The quantitative estimate of drug-likeness (QED) is 0.813. The van der Waals surface area contributed by atoms with Gasteiger partial charge in [-0.25, -0.2) is 4.98 Å². The lowest BCUT2D eigenvalue weighted by atomic mass is 10.3. The van der Waals surface area contributed by atoms with Gasteiger partial charge in [0.1, 0.15) is 0 Å². The Morgan fingerprint density at radius 2 is 2.24 bits per heavy atom. The van der Waals surface area contributed by atoms with Crippen molar-refractivity contribution in [2.45, 2.75) is 32.9 Å². The number of anilines is 1. The predicted octanol–water partition coefficient (Wildman–Crippen LogP) is 2.28. The average molecular weight is 257 g/mol. The molecule has 17 heavy (non-hydrogen) atoms. The van der Waals surface area contributed by atoms with Crippen LogP contribution in [0.2, 0.25) is 0 Å². The number of hydrogen-bond acceptors (Lipinski definition) is 5. The molecule has 0 aliphatic heterocycles. The van der Waals surface area contributed by atoms with Crippen LogP contribution >= 0.6 is 11.3 Å². The summed E-state index contributed by atoms with van der Waals surface area (Å²) in [6, 6.07) is 0.714. The largest absolute Gasteiger partial charge is 0.383 e. The van der Waals surface area contributed by atoms with E-state index in [-0.39, 0.29) is 0 Å². The molecule has 1 N–H and O–H groups in total. The molecule has 0 fully saturated rings. The van der Waals surface area contributed by atoms with E-state index < -0.39 is 0 Å². The smallest absolute Gasteiger partial charge is 0.185 e. The van der Waals surface area contributed by atoms with Gasteiger partial charge in [-0.15, -0.1) is 11.3 Å². The lowest BCUT2D eigenvalue weighted by Crippen LogP contribution is -2.32. The summed E-state index contributed by atoms with van der Waals surface area (Å²) < 4.78 is 5.16.